The molecular formula is C20H19ClN4O3. The standard InChI is InChI=1S/C20H19ClN4O3/c1-22-20(27)14-7-11-16(12-8-14)23-17(26)3-2-4-18-24-19(25-28-18)13-5-9-15(21)10-6-13/h5-12H,2-4H2,1H3,(H,22,27)(H,23,26). The number of aromatic nitrogens is 2. The van der Waals surface area contributed by atoms with Gasteiger partial charge in [0.2, 0.25) is 17.6 Å². The molecule has 3 rings (SSSR count). The smallest absolute Gasteiger partial charge is 0.251 e. The second-order valence-corrected chi connectivity index (χ2v) is 6.51. The minimum absolute atomic E-state index is 0.120. The number of hydrogen-bond donors (Lipinski definition) is 2. The molecule has 0 saturated heterocycles. The Kier molecular flexibility index (Phi) is 6.39. The molecule has 0 aliphatic rings. The Hall–Kier alpha value is -3.19. The third-order valence-corrected chi connectivity index (χ3v) is 4.27. The highest BCUT2D eigenvalue weighted by molar-refractivity contribution is 6.30. The van der Waals surface area contributed by atoms with E-state index in [1.54, 1.807) is 43.4 Å². The summed E-state index contributed by atoms with van der Waals surface area (Å²) < 4.78 is 5.23. The first-order chi connectivity index (χ1) is 13.5. The Morgan fingerprint density at radius 3 is 2.46 bits per heavy atom. The summed E-state index contributed by atoms with van der Waals surface area (Å²) in [5, 5.41) is 9.94. The van der Waals surface area contributed by atoms with Gasteiger partial charge in [0.05, 0.1) is 0 Å². The minimum atomic E-state index is -0.171. The first-order valence-electron chi connectivity index (χ1n) is 8.75. The summed E-state index contributed by atoms with van der Waals surface area (Å²) in [5.74, 6) is 0.681. The molecule has 0 spiro atoms. The molecule has 0 atom stereocenters. The summed E-state index contributed by atoms with van der Waals surface area (Å²) in [4.78, 5) is 27.9. The van der Waals surface area contributed by atoms with Gasteiger partial charge >= 0.3 is 0 Å². The zero-order chi connectivity index (χ0) is 19.9. The molecule has 8 heteroatoms. The zero-order valence-electron chi connectivity index (χ0n) is 15.2. The van der Waals surface area contributed by atoms with Gasteiger partial charge in [0.1, 0.15) is 0 Å². The third-order valence-electron chi connectivity index (χ3n) is 4.02. The van der Waals surface area contributed by atoms with Crippen molar-refractivity contribution in [3.63, 3.8) is 0 Å². The average Bonchev–Trinajstić information content (AvgIpc) is 3.17. The molecule has 0 radical (unpaired) electrons. The van der Waals surface area contributed by atoms with E-state index >= 15 is 0 Å². The van der Waals surface area contributed by atoms with E-state index in [0.717, 1.165) is 5.56 Å². The van der Waals surface area contributed by atoms with Crippen LogP contribution in [0.5, 0.6) is 0 Å². The lowest BCUT2D eigenvalue weighted by molar-refractivity contribution is -0.116. The molecule has 1 aromatic heterocycles. The fourth-order valence-corrected chi connectivity index (χ4v) is 2.67. The number of aryl methyl sites for hydroxylation is 1. The maximum atomic E-state index is 12.1. The van der Waals surface area contributed by atoms with E-state index in [4.69, 9.17) is 16.1 Å². The largest absolute Gasteiger partial charge is 0.355 e. The minimum Gasteiger partial charge on any atom is -0.355 e. The number of rotatable bonds is 7. The topological polar surface area (TPSA) is 97.1 Å². The van der Waals surface area contributed by atoms with Gasteiger partial charge in [0.25, 0.3) is 5.91 Å². The molecule has 0 bridgehead atoms. The Morgan fingerprint density at radius 1 is 1.07 bits per heavy atom. The highest BCUT2D eigenvalue weighted by atomic mass is 35.5. The van der Waals surface area contributed by atoms with Crippen molar-refractivity contribution in [3.05, 3.63) is 65.0 Å². The number of amides is 2. The quantitative estimate of drug-likeness (QED) is 0.632. The SMILES string of the molecule is CNC(=O)c1ccc(NC(=O)CCCc2nc(-c3ccc(Cl)cc3)no2)cc1. The molecule has 3 aromatic rings. The Labute approximate surface area is 167 Å². The van der Waals surface area contributed by atoms with E-state index in [2.05, 4.69) is 20.8 Å². The Morgan fingerprint density at radius 2 is 1.79 bits per heavy atom. The van der Waals surface area contributed by atoms with Crippen molar-refractivity contribution in [2.75, 3.05) is 12.4 Å². The highest BCUT2D eigenvalue weighted by Gasteiger charge is 2.10. The van der Waals surface area contributed by atoms with E-state index in [1.807, 2.05) is 12.1 Å². The fraction of sp³-hybridized carbons (Fsp3) is 0.200. The van der Waals surface area contributed by atoms with Crippen LogP contribution in [0, 0.1) is 0 Å². The van der Waals surface area contributed by atoms with Crippen LogP contribution < -0.4 is 10.6 Å². The van der Waals surface area contributed by atoms with Gasteiger partial charge in [-0.3, -0.25) is 9.59 Å². The third kappa shape index (κ3) is 5.17. The normalized spacial score (nSPS) is 10.5. The van der Waals surface area contributed by atoms with Crippen molar-refractivity contribution in [1.29, 1.82) is 0 Å². The number of nitrogens with one attached hydrogen (secondary N) is 2. The molecule has 0 fully saturated rings. The summed E-state index contributed by atoms with van der Waals surface area (Å²) in [6.45, 7) is 0. The van der Waals surface area contributed by atoms with Crippen molar-refractivity contribution in [2.45, 2.75) is 19.3 Å². The van der Waals surface area contributed by atoms with E-state index in [9.17, 15) is 9.59 Å². The number of benzene rings is 2. The molecule has 2 N–H and O–H groups in total. The molecule has 2 aromatic carbocycles. The Bertz CT molecular complexity index is 952. The van der Waals surface area contributed by atoms with E-state index in [-0.39, 0.29) is 11.8 Å². The highest BCUT2D eigenvalue weighted by Crippen LogP contribution is 2.19. The summed E-state index contributed by atoms with van der Waals surface area (Å²) in [6, 6.07) is 13.9. The maximum absolute atomic E-state index is 12.1. The van der Waals surface area contributed by atoms with Gasteiger partial charge in [-0.05, 0) is 55.0 Å². The molecule has 0 saturated carbocycles. The Balaban J connectivity index is 1.46. The summed E-state index contributed by atoms with van der Waals surface area (Å²) in [5.41, 5.74) is 1.99. The summed E-state index contributed by atoms with van der Waals surface area (Å²) >= 11 is 5.87. The number of anilines is 1. The van der Waals surface area contributed by atoms with Gasteiger partial charge in [-0.15, -0.1) is 0 Å². The number of carbonyl (C=O) groups excluding carboxylic acids is 2. The molecule has 1 heterocycles. The fourth-order valence-electron chi connectivity index (χ4n) is 2.55. The molecule has 7 nitrogen and oxygen atoms in total. The first kappa shape index (κ1) is 19.6. The van der Waals surface area contributed by atoms with Crippen LogP contribution in [0.3, 0.4) is 0 Å². The van der Waals surface area contributed by atoms with E-state index < -0.39 is 0 Å². The zero-order valence-corrected chi connectivity index (χ0v) is 16.0. The van der Waals surface area contributed by atoms with Gasteiger partial charge in [0.15, 0.2) is 0 Å². The predicted octanol–water partition coefficient (Wildman–Crippen LogP) is 3.71. The number of nitrogens with zero attached hydrogens (tertiary/aromatic N) is 2. The number of carbonyl (C=O) groups is 2. The second kappa shape index (κ2) is 9.14. The summed E-state index contributed by atoms with van der Waals surface area (Å²) in [7, 11) is 1.57. The lowest BCUT2D eigenvalue weighted by Crippen LogP contribution is -2.17. The number of halogens is 1. The van der Waals surface area contributed by atoms with Gasteiger partial charge in [-0.2, -0.15) is 4.98 Å². The van der Waals surface area contributed by atoms with Gasteiger partial charge in [-0.1, -0.05) is 16.8 Å². The predicted molar refractivity (Wildman–Crippen MR) is 106 cm³/mol. The number of hydrogen-bond acceptors (Lipinski definition) is 5. The molecular weight excluding hydrogens is 380 g/mol. The lowest BCUT2D eigenvalue weighted by Gasteiger charge is -2.05. The van der Waals surface area contributed by atoms with Crippen LogP contribution in [-0.2, 0) is 11.2 Å². The van der Waals surface area contributed by atoms with Crippen LogP contribution in [-0.4, -0.2) is 29.0 Å². The van der Waals surface area contributed by atoms with Crippen LogP contribution in [0.1, 0.15) is 29.1 Å². The van der Waals surface area contributed by atoms with Crippen LogP contribution in [0.2, 0.25) is 5.02 Å². The monoisotopic (exact) mass is 398 g/mol. The van der Waals surface area contributed by atoms with Gasteiger partial charge < -0.3 is 15.2 Å². The van der Waals surface area contributed by atoms with Gasteiger partial charge in [-0.25, -0.2) is 0 Å². The van der Waals surface area contributed by atoms with Crippen molar-refractivity contribution < 1.29 is 14.1 Å². The van der Waals surface area contributed by atoms with E-state index in [0.29, 0.717) is 47.3 Å². The molecule has 0 unspecified atom stereocenters. The lowest BCUT2D eigenvalue weighted by atomic mass is 10.2. The maximum Gasteiger partial charge on any atom is 0.251 e. The van der Waals surface area contributed by atoms with Crippen LogP contribution in [0.4, 0.5) is 5.69 Å². The average molecular weight is 399 g/mol. The summed E-state index contributed by atoms with van der Waals surface area (Å²) in [6.07, 6.45) is 1.39. The van der Waals surface area contributed by atoms with Crippen molar-refractivity contribution >= 4 is 29.1 Å². The molecule has 28 heavy (non-hydrogen) atoms. The first-order valence-corrected chi connectivity index (χ1v) is 9.13. The molecule has 2 amide bonds. The van der Waals surface area contributed by atoms with Crippen LogP contribution in [0.15, 0.2) is 53.1 Å². The van der Waals surface area contributed by atoms with Crippen molar-refractivity contribution in [1.82, 2.24) is 15.5 Å². The van der Waals surface area contributed by atoms with Crippen molar-refractivity contribution in [3.8, 4) is 11.4 Å². The molecule has 0 aliphatic carbocycles. The second-order valence-electron chi connectivity index (χ2n) is 6.08. The van der Waals surface area contributed by atoms with Gasteiger partial charge in [0, 0.05) is 41.7 Å². The molecule has 144 valence electrons. The van der Waals surface area contributed by atoms with Crippen LogP contribution in [0.25, 0.3) is 11.4 Å². The van der Waals surface area contributed by atoms with E-state index in [1.165, 1.54) is 0 Å². The molecule has 0 aliphatic heterocycles. The van der Waals surface area contributed by atoms with Crippen molar-refractivity contribution in [2.24, 2.45) is 0 Å². The van der Waals surface area contributed by atoms with Crippen LogP contribution >= 0.6 is 11.6 Å².